The molecule has 0 radical (unpaired) electrons. The molecule has 6 nitrogen and oxygen atoms in total. The van der Waals surface area contributed by atoms with Crippen LogP contribution in [0.15, 0.2) is 17.1 Å². The van der Waals surface area contributed by atoms with E-state index in [1.54, 1.807) is 11.4 Å². The smallest absolute Gasteiger partial charge is 0.214 e. The zero-order chi connectivity index (χ0) is 16.9. The topological polar surface area (TPSA) is 73.8 Å². The van der Waals surface area contributed by atoms with Gasteiger partial charge >= 0.3 is 0 Å². The highest BCUT2D eigenvalue weighted by molar-refractivity contribution is 7.89. The van der Waals surface area contributed by atoms with Gasteiger partial charge < -0.3 is 10.6 Å². The zero-order valence-corrected chi connectivity index (χ0v) is 15.6. The number of hydrogen-bond donors (Lipinski definition) is 2. The number of hydrogen-bond acceptors (Lipinski definition) is 4. The SMILES string of the molecule is CN=C(NCCN1CCCS1(=O)=O)NC(C)Cc1ccc(C)s1. The highest BCUT2D eigenvalue weighted by Crippen LogP contribution is 2.16. The summed E-state index contributed by atoms with van der Waals surface area (Å²) in [7, 11) is -1.29. The molecule has 0 saturated carbocycles. The van der Waals surface area contributed by atoms with Crippen LogP contribution in [0, 0.1) is 6.92 Å². The summed E-state index contributed by atoms with van der Waals surface area (Å²) in [6.07, 6.45) is 1.67. The third kappa shape index (κ3) is 5.47. The lowest BCUT2D eigenvalue weighted by Gasteiger charge is -2.19. The molecular weight excluding hydrogens is 332 g/mol. The molecule has 130 valence electrons. The Bertz CT molecular complexity index is 640. The van der Waals surface area contributed by atoms with Crippen LogP contribution in [-0.4, -0.2) is 57.2 Å². The molecule has 23 heavy (non-hydrogen) atoms. The van der Waals surface area contributed by atoms with Crippen LogP contribution in [0.4, 0.5) is 0 Å². The molecular formula is C15H26N4O2S2. The van der Waals surface area contributed by atoms with Crippen molar-refractivity contribution in [2.75, 3.05) is 32.4 Å². The largest absolute Gasteiger partial charge is 0.355 e. The molecule has 2 rings (SSSR count). The fraction of sp³-hybridized carbons (Fsp3) is 0.667. The van der Waals surface area contributed by atoms with Crippen LogP contribution in [0.1, 0.15) is 23.1 Å². The summed E-state index contributed by atoms with van der Waals surface area (Å²) in [6, 6.07) is 4.55. The van der Waals surface area contributed by atoms with E-state index in [2.05, 4.69) is 41.6 Å². The molecule has 1 aromatic rings. The van der Waals surface area contributed by atoms with Gasteiger partial charge in [-0.25, -0.2) is 12.7 Å². The number of thiophene rings is 1. The third-order valence-electron chi connectivity index (χ3n) is 3.77. The first-order chi connectivity index (χ1) is 10.9. The molecule has 1 fully saturated rings. The van der Waals surface area contributed by atoms with Crippen LogP contribution < -0.4 is 10.6 Å². The molecule has 1 aliphatic rings. The first-order valence-electron chi connectivity index (χ1n) is 7.91. The second kappa shape index (κ2) is 8.12. The Labute approximate surface area is 143 Å². The van der Waals surface area contributed by atoms with E-state index in [0.717, 1.165) is 12.8 Å². The maximum absolute atomic E-state index is 11.7. The average Bonchev–Trinajstić information content (AvgIpc) is 3.03. The Balaban J connectivity index is 1.74. The minimum Gasteiger partial charge on any atom is -0.355 e. The van der Waals surface area contributed by atoms with Gasteiger partial charge in [0, 0.05) is 48.9 Å². The molecule has 1 aromatic heterocycles. The number of nitrogens with zero attached hydrogens (tertiary/aromatic N) is 2. The van der Waals surface area contributed by atoms with E-state index in [4.69, 9.17) is 0 Å². The van der Waals surface area contributed by atoms with Crippen LogP contribution in [0.3, 0.4) is 0 Å². The number of guanidine groups is 1. The Hall–Kier alpha value is -1.12. The summed E-state index contributed by atoms with van der Waals surface area (Å²) in [4.78, 5) is 6.87. The molecule has 8 heteroatoms. The molecule has 0 spiro atoms. The number of nitrogens with one attached hydrogen (secondary N) is 2. The van der Waals surface area contributed by atoms with Crippen molar-refractivity contribution in [1.82, 2.24) is 14.9 Å². The Morgan fingerprint density at radius 2 is 2.26 bits per heavy atom. The molecule has 0 bridgehead atoms. The third-order valence-corrected chi connectivity index (χ3v) is 6.75. The predicted molar refractivity (Wildman–Crippen MR) is 96.7 cm³/mol. The fourth-order valence-electron chi connectivity index (χ4n) is 2.62. The van der Waals surface area contributed by atoms with Crippen molar-refractivity contribution in [1.29, 1.82) is 0 Å². The van der Waals surface area contributed by atoms with E-state index in [0.29, 0.717) is 25.6 Å². The summed E-state index contributed by atoms with van der Waals surface area (Å²) in [5.41, 5.74) is 0. The van der Waals surface area contributed by atoms with Crippen molar-refractivity contribution in [3.05, 3.63) is 21.9 Å². The quantitative estimate of drug-likeness (QED) is 0.592. The van der Waals surface area contributed by atoms with Gasteiger partial charge in [-0.15, -0.1) is 11.3 Å². The van der Waals surface area contributed by atoms with Crippen molar-refractivity contribution in [2.45, 2.75) is 32.7 Å². The van der Waals surface area contributed by atoms with Gasteiger partial charge in [0.25, 0.3) is 0 Å². The van der Waals surface area contributed by atoms with Gasteiger partial charge in [-0.2, -0.15) is 0 Å². The van der Waals surface area contributed by atoms with Crippen LogP contribution in [0.2, 0.25) is 0 Å². The van der Waals surface area contributed by atoms with Gasteiger partial charge in [0.15, 0.2) is 5.96 Å². The highest BCUT2D eigenvalue weighted by Gasteiger charge is 2.27. The molecule has 0 aromatic carbocycles. The van der Waals surface area contributed by atoms with Gasteiger partial charge in [-0.05, 0) is 32.4 Å². The summed E-state index contributed by atoms with van der Waals surface area (Å²) in [5, 5.41) is 6.54. The number of aliphatic imine (C=N–C) groups is 1. The van der Waals surface area contributed by atoms with Crippen molar-refractivity contribution in [2.24, 2.45) is 4.99 Å². The predicted octanol–water partition coefficient (Wildman–Crippen LogP) is 1.19. The Morgan fingerprint density at radius 1 is 1.48 bits per heavy atom. The Kier molecular flexibility index (Phi) is 6.43. The molecule has 0 aliphatic carbocycles. The molecule has 1 unspecified atom stereocenters. The summed E-state index contributed by atoms with van der Waals surface area (Å²) in [5.74, 6) is 0.986. The second-order valence-electron chi connectivity index (χ2n) is 5.83. The zero-order valence-electron chi connectivity index (χ0n) is 14.0. The second-order valence-corrected chi connectivity index (χ2v) is 9.29. The average molecular weight is 359 g/mol. The molecule has 1 aliphatic heterocycles. The first-order valence-corrected chi connectivity index (χ1v) is 10.3. The maximum atomic E-state index is 11.7. The van der Waals surface area contributed by atoms with E-state index >= 15 is 0 Å². The van der Waals surface area contributed by atoms with Crippen LogP contribution in [0.5, 0.6) is 0 Å². The van der Waals surface area contributed by atoms with E-state index < -0.39 is 10.0 Å². The molecule has 2 N–H and O–H groups in total. The molecule has 0 amide bonds. The van der Waals surface area contributed by atoms with Gasteiger partial charge in [0.05, 0.1) is 5.75 Å². The first kappa shape index (κ1) is 18.2. The lowest BCUT2D eigenvalue weighted by molar-refractivity contribution is 0.444. The molecule has 2 heterocycles. The highest BCUT2D eigenvalue weighted by atomic mass is 32.2. The van der Waals surface area contributed by atoms with Crippen molar-refractivity contribution >= 4 is 27.3 Å². The van der Waals surface area contributed by atoms with Crippen LogP contribution in [0.25, 0.3) is 0 Å². The monoisotopic (exact) mass is 358 g/mol. The lowest BCUT2D eigenvalue weighted by atomic mass is 10.2. The van der Waals surface area contributed by atoms with Crippen LogP contribution >= 0.6 is 11.3 Å². The number of sulfonamides is 1. The van der Waals surface area contributed by atoms with Crippen molar-refractivity contribution < 1.29 is 8.42 Å². The Morgan fingerprint density at radius 3 is 2.83 bits per heavy atom. The van der Waals surface area contributed by atoms with Crippen LogP contribution in [-0.2, 0) is 16.4 Å². The number of aryl methyl sites for hydroxylation is 1. The molecule has 1 atom stereocenters. The minimum absolute atomic E-state index is 0.259. The maximum Gasteiger partial charge on any atom is 0.214 e. The normalized spacial score (nSPS) is 19.7. The molecule has 1 saturated heterocycles. The summed E-state index contributed by atoms with van der Waals surface area (Å²) >= 11 is 1.81. The van der Waals surface area contributed by atoms with E-state index in [1.165, 1.54) is 9.75 Å². The van der Waals surface area contributed by atoms with Crippen molar-refractivity contribution in [3.8, 4) is 0 Å². The lowest BCUT2D eigenvalue weighted by Crippen LogP contribution is -2.45. The summed E-state index contributed by atoms with van der Waals surface area (Å²) < 4.78 is 25.0. The van der Waals surface area contributed by atoms with Crippen molar-refractivity contribution in [3.63, 3.8) is 0 Å². The fourth-order valence-corrected chi connectivity index (χ4v) is 5.16. The minimum atomic E-state index is -3.02. The van der Waals surface area contributed by atoms with Gasteiger partial charge in [-0.3, -0.25) is 4.99 Å². The number of rotatable bonds is 6. The standard InChI is InChI=1S/C15H26N4O2S2/c1-12(11-14-6-5-13(2)22-14)18-15(16-3)17-7-9-19-8-4-10-23(19,20)21/h5-6,12H,4,7-11H2,1-3H3,(H2,16,17,18). The van der Waals surface area contributed by atoms with E-state index in [9.17, 15) is 8.42 Å². The van der Waals surface area contributed by atoms with Gasteiger partial charge in [0.1, 0.15) is 0 Å². The van der Waals surface area contributed by atoms with E-state index in [-0.39, 0.29) is 11.8 Å². The van der Waals surface area contributed by atoms with Gasteiger partial charge in [-0.1, -0.05) is 0 Å². The van der Waals surface area contributed by atoms with E-state index in [1.807, 2.05) is 11.3 Å². The van der Waals surface area contributed by atoms with Gasteiger partial charge in [0.2, 0.25) is 10.0 Å². The summed E-state index contributed by atoms with van der Waals surface area (Å²) in [6.45, 7) is 5.90.